The lowest BCUT2D eigenvalue weighted by molar-refractivity contribution is -0.116. The third-order valence-corrected chi connectivity index (χ3v) is 9.41. The maximum Gasteiger partial charge on any atom is 0.264 e. The van der Waals surface area contributed by atoms with Crippen LogP contribution in [0.25, 0.3) is 27.7 Å². The van der Waals surface area contributed by atoms with Crippen molar-refractivity contribution in [2.45, 2.75) is 17.6 Å². The molecule has 3 aromatic heterocycles. The van der Waals surface area contributed by atoms with Gasteiger partial charge in [-0.15, -0.1) is 11.3 Å². The minimum atomic E-state index is -3.75. The maximum absolute atomic E-state index is 13.4. The van der Waals surface area contributed by atoms with Gasteiger partial charge >= 0.3 is 0 Å². The Morgan fingerprint density at radius 1 is 1.00 bits per heavy atom. The summed E-state index contributed by atoms with van der Waals surface area (Å²) >= 11 is 6.75. The van der Waals surface area contributed by atoms with E-state index in [1.807, 2.05) is 55.5 Å². The zero-order valence-corrected chi connectivity index (χ0v) is 22.1. The summed E-state index contributed by atoms with van der Waals surface area (Å²) in [6.45, 7) is 1.99. The van der Waals surface area contributed by atoms with E-state index in [0.717, 1.165) is 33.4 Å². The van der Waals surface area contributed by atoms with Gasteiger partial charge in [-0.2, -0.15) is 0 Å². The number of aryl methyl sites for hydroxylation is 1. The molecular formula is C28H21ClN2O4S2. The Hall–Kier alpha value is -3.59. The Labute approximate surface area is 222 Å². The van der Waals surface area contributed by atoms with Gasteiger partial charge in [-0.05, 0) is 47.7 Å². The molecule has 0 aliphatic carbocycles. The first-order valence-electron chi connectivity index (χ1n) is 11.4. The number of nitrogens with zero attached hydrogens (tertiary/aromatic N) is 2. The van der Waals surface area contributed by atoms with Crippen molar-refractivity contribution in [1.29, 1.82) is 0 Å². The lowest BCUT2D eigenvalue weighted by atomic mass is 9.99. The molecule has 5 aromatic rings. The molecule has 0 aliphatic rings. The summed E-state index contributed by atoms with van der Waals surface area (Å²) < 4.78 is 26.9. The quantitative estimate of drug-likeness (QED) is 0.262. The predicted octanol–water partition coefficient (Wildman–Crippen LogP) is 5.66. The molecule has 3 heterocycles. The van der Waals surface area contributed by atoms with E-state index in [9.17, 15) is 18.0 Å². The monoisotopic (exact) mass is 548 g/mol. The predicted molar refractivity (Wildman–Crippen MR) is 148 cm³/mol. The first kappa shape index (κ1) is 25.1. The van der Waals surface area contributed by atoms with Crippen molar-refractivity contribution >= 4 is 49.3 Å². The molecule has 0 fully saturated rings. The van der Waals surface area contributed by atoms with Crippen LogP contribution in [0, 0.1) is 6.92 Å². The fourth-order valence-corrected chi connectivity index (χ4v) is 6.97. The van der Waals surface area contributed by atoms with Gasteiger partial charge in [0.1, 0.15) is 15.8 Å². The number of thiophene rings is 1. The molecule has 9 heteroatoms. The van der Waals surface area contributed by atoms with Gasteiger partial charge in [-0.3, -0.25) is 14.2 Å². The number of halogens is 1. The fraction of sp³-hybridized carbons (Fsp3) is 0.107. The summed E-state index contributed by atoms with van der Waals surface area (Å²) in [6.07, 6.45) is 3.19. The van der Waals surface area contributed by atoms with Gasteiger partial charge in [0, 0.05) is 29.8 Å². The highest BCUT2D eigenvalue weighted by molar-refractivity contribution is 7.94. The molecule has 0 N–H and O–H groups in total. The number of fused-ring (bicyclic) bond motifs is 1. The van der Waals surface area contributed by atoms with E-state index < -0.39 is 21.4 Å². The molecule has 0 radical (unpaired) electrons. The maximum atomic E-state index is 13.4. The number of sulfone groups is 1. The Kier molecular flexibility index (Phi) is 6.81. The molecule has 0 amide bonds. The zero-order valence-electron chi connectivity index (χ0n) is 19.7. The van der Waals surface area contributed by atoms with E-state index in [0.29, 0.717) is 21.1 Å². The molecule has 2 aromatic carbocycles. The van der Waals surface area contributed by atoms with Crippen LogP contribution in [0.4, 0.5) is 0 Å². The second-order valence-corrected chi connectivity index (χ2v) is 12.6. The van der Waals surface area contributed by atoms with Crippen molar-refractivity contribution < 1.29 is 13.2 Å². The molecule has 0 unspecified atom stereocenters. The van der Waals surface area contributed by atoms with Crippen molar-refractivity contribution in [3.05, 3.63) is 111 Å². The number of ketones is 1. The lowest BCUT2D eigenvalue weighted by Crippen LogP contribution is -2.20. The first-order chi connectivity index (χ1) is 17.7. The second-order valence-electron chi connectivity index (χ2n) is 8.69. The Morgan fingerprint density at radius 2 is 1.78 bits per heavy atom. The average Bonchev–Trinajstić information content (AvgIpc) is 3.32. The summed E-state index contributed by atoms with van der Waals surface area (Å²) in [5.74, 6) is -0.666. The summed E-state index contributed by atoms with van der Waals surface area (Å²) in [5.41, 5.74) is 3.28. The van der Waals surface area contributed by atoms with E-state index >= 15 is 0 Å². The number of Topliss-reactive ketones (excluding diaryl/α,β-unsaturated/α-hetero) is 1. The number of benzene rings is 2. The Bertz CT molecular complexity index is 1790. The molecule has 0 saturated heterocycles. The van der Waals surface area contributed by atoms with Crippen LogP contribution in [0.5, 0.6) is 0 Å². The van der Waals surface area contributed by atoms with Crippen LogP contribution in [0.3, 0.4) is 0 Å². The zero-order chi connectivity index (χ0) is 26.2. The normalized spacial score (nSPS) is 11.6. The summed E-state index contributed by atoms with van der Waals surface area (Å²) in [7, 11) is -3.75. The molecule has 0 atom stereocenters. The highest BCUT2D eigenvalue weighted by Crippen LogP contribution is 2.29. The van der Waals surface area contributed by atoms with Crippen molar-refractivity contribution in [2.75, 3.05) is 5.75 Å². The largest absolute Gasteiger partial charge is 0.298 e. The topological polar surface area (TPSA) is 86.1 Å². The number of aromatic nitrogens is 2. The minimum absolute atomic E-state index is 0.0689. The number of hydrogen-bond donors (Lipinski definition) is 0. The molecule has 0 spiro atoms. The van der Waals surface area contributed by atoms with Crippen LogP contribution in [-0.4, -0.2) is 29.5 Å². The van der Waals surface area contributed by atoms with Crippen molar-refractivity contribution in [2.24, 2.45) is 0 Å². The van der Waals surface area contributed by atoms with Gasteiger partial charge in [0.2, 0.25) is 0 Å². The highest BCUT2D eigenvalue weighted by atomic mass is 35.5. The first-order valence-corrected chi connectivity index (χ1v) is 14.2. The van der Waals surface area contributed by atoms with Crippen LogP contribution in [0.1, 0.15) is 11.1 Å². The van der Waals surface area contributed by atoms with Gasteiger partial charge in [-0.25, -0.2) is 13.4 Å². The van der Waals surface area contributed by atoms with Crippen molar-refractivity contribution in [1.82, 2.24) is 9.55 Å². The van der Waals surface area contributed by atoms with Gasteiger partial charge < -0.3 is 0 Å². The van der Waals surface area contributed by atoms with E-state index in [1.165, 1.54) is 22.9 Å². The summed E-state index contributed by atoms with van der Waals surface area (Å²) in [4.78, 5) is 30.3. The SMILES string of the molecule is Cc1ccc2c(=O)n(-c3ccc(CC(=O)CS(=O)(=O)c4ccc(Cl)s4)cn3)cc(-c3ccccc3)c2c1. The molecule has 37 heavy (non-hydrogen) atoms. The minimum Gasteiger partial charge on any atom is -0.298 e. The van der Waals surface area contributed by atoms with E-state index in [4.69, 9.17) is 11.6 Å². The van der Waals surface area contributed by atoms with Crippen LogP contribution >= 0.6 is 22.9 Å². The van der Waals surface area contributed by atoms with Crippen LogP contribution in [-0.2, 0) is 21.1 Å². The second kappa shape index (κ2) is 10.0. The Balaban J connectivity index is 1.45. The van der Waals surface area contributed by atoms with Crippen LogP contribution in [0.15, 0.2) is 94.2 Å². The smallest absolute Gasteiger partial charge is 0.264 e. The van der Waals surface area contributed by atoms with Gasteiger partial charge in [-0.1, -0.05) is 65.7 Å². The molecular weight excluding hydrogens is 528 g/mol. The van der Waals surface area contributed by atoms with E-state index in [-0.39, 0.29) is 16.2 Å². The summed E-state index contributed by atoms with van der Waals surface area (Å²) in [6, 6.07) is 21.8. The number of carbonyl (C=O) groups excluding carboxylic acids is 1. The Morgan fingerprint density at radius 3 is 2.46 bits per heavy atom. The fourth-order valence-electron chi connectivity index (χ4n) is 4.16. The molecule has 0 bridgehead atoms. The number of pyridine rings is 2. The summed E-state index contributed by atoms with van der Waals surface area (Å²) in [5, 5.41) is 1.44. The van der Waals surface area contributed by atoms with Crippen LogP contribution in [0.2, 0.25) is 4.34 Å². The average molecular weight is 549 g/mol. The third-order valence-electron chi connectivity index (χ3n) is 5.92. The lowest BCUT2D eigenvalue weighted by Gasteiger charge is -2.13. The van der Waals surface area contributed by atoms with Gasteiger partial charge in [0.15, 0.2) is 15.6 Å². The van der Waals surface area contributed by atoms with Crippen molar-refractivity contribution in [3.8, 4) is 16.9 Å². The standard InChI is InChI=1S/C28H21ClN2O4S2/c1-18-7-9-22-23(13-18)24(20-5-3-2-4-6-20)16-31(28(22)33)26-11-8-19(15-30-26)14-21(32)17-37(34,35)27-12-10-25(29)36-27/h2-13,15-16H,14,17H2,1H3. The molecule has 0 aliphatic heterocycles. The molecule has 6 nitrogen and oxygen atoms in total. The van der Waals surface area contributed by atoms with Crippen LogP contribution < -0.4 is 5.56 Å². The molecule has 186 valence electrons. The van der Waals surface area contributed by atoms with Gasteiger partial charge in [0.25, 0.3) is 5.56 Å². The van der Waals surface area contributed by atoms with E-state index in [1.54, 1.807) is 18.3 Å². The van der Waals surface area contributed by atoms with E-state index in [2.05, 4.69) is 4.98 Å². The van der Waals surface area contributed by atoms with Gasteiger partial charge in [0.05, 0.1) is 4.34 Å². The molecule has 0 saturated carbocycles. The molecule has 5 rings (SSSR count). The number of rotatable bonds is 7. The number of carbonyl (C=O) groups is 1. The number of hydrogen-bond acceptors (Lipinski definition) is 6. The third kappa shape index (κ3) is 5.27. The highest BCUT2D eigenvalue weighted by Gasteiger charge is 2.21. The van der Waals surface area contributed by atoms with Crippen molar-refractivity contribution in [3.63, 3.8) is 0 Å².